The number of aromatic nitrogens is 2. The van der Waals surface area contributed by atoms with Gasteiger partial charge in [-0.05, 0) is 29.7 Å². The Hall–Kier alpha value is -3.81. The summed E-state index contributed by atoms with van der Waals surface area (Å²) in [5.74, 6) is 3.46. The number of ether oxygens (including phenoxy) is 1. The maximum Gasteiger partial charge on any atom is 0.404 e. The Morgan fingerprint density at radius 1 is 1.33 bits per heavy atom. The number of anilines is 2. The number of benzene rings is 1. The van der Waals surface area contributed by atoms with Gasteiger partial charge in [-0.15, -0.1) is 17.8 Å². The number of carbonyl (C=O) groups excluding carboxylic acids is 2. The summed E-state index contributed by atoms with van der Waals surface area (Å²) in [6.45, 7) is -0.194. The molecule has 3 aromatic rings. The van der Waals surface area contributed by atoms with E-state index < -0.39 is 18.2 Å². The zero-order valence-corrected chi connectivity index (χ0v) is 19.4. The summed E-state index contributed by atoms with van der Waals surface area (Å²) >= 11 is 7.82. The molecule has 0 aliphatic rings. The number of nitrogens with one attached hydrogen (secondary N) is 2. The highest BCUT2D eigenvalue weighted by Crippen LogP contribution is 2.35. The zero-order valence-electron chi connectivity index (χ0n) is 17.8. The molecular formula is C22H21ClN6O3S. The van der Waals surface area contributed by atoms with Crippen molar-refractivity contribution in [2.45, 2.75) is 6.04 Å². The molecule has 170 valence electrons. The first-order chi connectivity index (χ1) is 15.8. The summed E-state index contributed by atoms with van der Waals surface area (Å²) in [6.07, 6.45) is 6.04. The van der Waals surface area contributed by atoms with Gasteiger partial charge in [0.05, 0.1) is 6.04 Å². The van der Waals surface area contributed by atoms with Crippen LogP contribution in [0.4, 0.5) is 21.2 Å². The highest BCUT2D eigenvalue weighted by molar-refractivity contribution is 7.10. The lowest BCUT2D eigenvalue weighted by molar-refractivity contribution is 0.144. The van der Waals surface area contributed by atoms with Crippen LogP contribution in [0.25, 0.3) is 11.1 Å². The number of terminal acetylenes is 1. The van der Waals surface area contributed by atoms with Crippen molar-refractivity contribution in [1.29, 1.82) is 0 Å². The third-order valence-corrected chi connectivity index (χ3v) is 5.55. The number of hydrogen-bond acceptors (Lipinski definition) is 7. The number of nitrogens with zero attached hydrogens (tertiary/aromatic N) is 3. The Kier molecular flexibility index (Phi) is 7.71. The molecular weight excluding hydrogens is 464 g/mol. The third kappa shape index (κ3) is 6.12. The fraction of sp³-hybridized carbons (Fsp3) is 0.182. The van der Waals surface area contributed by atoms with Gasteiger partial charge in [-0.2, -0.15) is 0 Å². The number of thiazole rings is 1. The predicted molar refractivity (Wildman–Crippen MR) is 129 cm³/mol. The van der Waals surface area contributed by atoms with Gasteiger partial charge in [-0.1, -0.05) is 23.7 Å². The van der Waals surface area contributed by atoms with E-state index in [0.717, 1.165) is 16.9 Å². The molecule has 0 radical (unpaired) electrons. The lowest BCUT2D eigenvalue weighted by Crippen LogP contribution is -2.36. The molecule has 9 nitrogen and oxygen atoms in total. The first-order valence-electron chi connectivity index (χ1n) is 9.62. The number of nitrogens with two attached hydrogens (primary N) is 1. The van der Waals surface area contributed by atoms with Gasteiger partial charge >= 0.3 is 12.1 Å². The van der Waals surface area contributed by atoms with Crippen LogP contribution in [0.15, 0.2) is 41.9 Å². The summed E-state index contributed by atoms with van der Waals surface area (Å²) in [7, 11) is 3.78. The quantitative estimate of drug-likeness (QED) is 0.437. The first-order valence-corrected chi connectivity index (χ1v) is 10.9. The number of halogens is 1. The number of amides is 3. The molecule has 4 N–H and O–H groups in total. The Morgan fingerprint density at radius 2 is 2.12 bits per heavy atom. The molecule has 3 rings (SSSR count). The van der Waals surface area contributed by atoms with Crippen LogP contribution in [0, 0.1) is 12.3 Å². The maximum atomic E-state index is 12.5. The minimum atomic E-state index is -0.964. The van der Waals surface area contributed by atoms with Crippen LogP contribution < -0.4 is 21.3 Å². The van der Waals surface area contributed by atoms with Crippen molar-refractivity contribution in [2.75, 3.05) is 30.9 Å². The van der Waals surface area contributed by atoms with E-state index >= 15 is 0 Å². The molecule has 33 heavy (non-hydrogen) atoms. The van der Waals surface area contributed by atoms with E-state index in [9.17, 15) is 9.59 Å². The third-order valence-electron chi connectivity index (χ3n) is 4.46. The Balaban J connectivity index is 1.85. The second-order valence-corrected chi connectivity index (χ2v) is 8.24. The van der Waals surface area contributed by atoms with Crippen molar-refractivity contribution < 1.29 is 14.3 Å². The molecule has 0 saturated heterocycles. The summed E-state index contributed by atoms with van der Waals surface area (Å²) < 4.78 is 4.93. The van der Waals surface area contributed by atoms with Crippen molar-refractivity contribution in [1.82, 2.24) is 15.3 Å². The number of urea groups is 1. The zero-order chi connectivity index (χ0) is 24.0. The SMILES string of the molecule is C#Cc1nc(NC(=O)N[C@@H](COC(N)=O)c2ccc(-c3cccnc3N(C)C)c(Cl)c2)cs1. The molecule has 0 fully saturated rings. The fourth-order valence-electron chi connectivity index (χ4n) is 3.02. The summed E-state index contributed by atoms with van der Waals surface area (Å²) in [6, 6.07) is 7.74. The number of primary amides is 1. The van der Waals surface area contributed by atoms with Crippen LogP contribution in [-0.2, 0) is 4.74 Å². The fourth-order valence-corrected chi connectivity index (χ4v) is 3.87. The van der Waals surface area contributed by atoms with Crippen molar-refractivity contribution >= 4 is 46.7 Å². The molecule has 0 aliphatic carbocycles. The molecule has 0 aliphatic heterocycles. The summed E-state index contributed by atoms with van der Waals surface area (Å²) in [5, 5.41) is 7.82. The van der Waals surface area contributed by atoms with Crippen LogP contribution in [0.3, 0.4) is 0 Å². The van der Waals surface area contributed by atoms with Gasteiger partial charge in [0.25, 0.3) is 0 Å². The molecule has 0 saturated carbocycles. The normalized spacial score (nSPS) is 11.2. The van der Waals surface area contributed by atoms with Gasteiger partial charge in [0.1, 0.15) is 18.2 Å². The van der Waals surface area contributed by atoms with Gasteiger partial charge in [0.15, 0.2) is 5.01 Å². The molecule has 1 aromatic carbocycles. The summed E-state index contributed by atoms with van der Waals surface area (Å²) in [5.41, 5.74) is 7.33. The average molecular weight is 485 g/mol. The average Bonchev–Trinajstić information content (AvgIpc) is 3.23. The van der Waals surface area contributed by atoms with Gasteiger partial charge in [0, 0.05) is 41.8 Å². The lowest BCUT2D eigenvalue weighted by Gasteiger charge is -2.21. The van der Waals surface area contributed by atoms with E-state index in [1.54, 1.807) is 23.7 Å². The van der Waals surface area contributed by atoms with Crippen LogP contribution >= 0.6 is 22.9 Å². The molecule has 2 heterocycles. The van der Waals surface area contributed by atoms with E-state index in [1.165, 1.54) is 11.3 Å². The van der Waals surface area contributed by atoms with E-state index in [0.29, 0.717) is 21.4 Å². The first kappa shape index (κ1) is 23.8. The van der Waals surface area contributed by atoms with Crippen molar-refractivity contribution in [3.63, 3.8) is 0 Å². The van der Waals surface area contributed by atoms with Gasteiger partial charge in [-0.3, -0.25) is 5.32 Å². The number of hydrogen-bond donors (Lipinski definition) is 3. The Labute approximate surface area is 199 Å². The smallest absolute Gasteiger partial charge is 0.404 e. The van der Waals surface area contributed by atoms with Crippen molar-refractivity contribution in [3.05, 3.63) is 57.5 Å². The highest BCUT2D eigenvalue weighted by Gasteiger charge is 2.20. The van der Waals surface area contributed by atoms with Crippen molar-refractivity contribution in [2.24, 2.45) is 5.73 Å². The summed E-state index contributed by atoms with van der Waals surface area (Å²) in [4.78, 5) is 34.0. The Morgan fingerprint density at radius 3 is 2.76 bits per heavy atom. The molecule has 3 amide bonds. The molecule has 0 bridgehead atoms. The minimum Gasteiger partial charge on any atom is -0.447 e. The van der Waals surface area contributed by atoms with E-state index in [1.807, 2.05) is 37.2 Å². The second-order valence-electron chi connectivity index (χ2n) is 6.97. The van der Waals surface area contributed by atoms with E-state index in [4.69, 9.17) is 28.5 Å². The van der Waals surface area contributed by atoms with E-state index in [2.05, 4.69) is 26.5 Å². The van der Waals surface area contributed by atoms with Crippen LogP contribution in [0.1, 0.15) is 16.6 Å². The van der Waals surface area contributed by atoms with Crippen LogP contribution in [0.2, 0.25) is 5.02 Å². The largest absolute Gasteiger partial charge is 0.447 e. The molecule has 0 spiro atoms. The molecule has 2 aromatic heterocycles. The topological polar surface area (TPSA) is 122 Å². The number of rotatable bonds is 7. The maximum absolute atomic E-state index is 12.5. The number of pyridine rings is 1. The predicted octanol–water partition coefficient (Wildman–Crippen LogP) is 3.86. The van der Waals surface area contributed by atoms with Crippen LogP contribution in [-0.4, -0.2) is 42.8 Å². The van der Waals surface area contributed by atoms with E-state index in [-0.39, 0.29) is 6.61 Å². The van der Waals surface area contributed by atoms with Crippen LogP contribution in [0.5, 0.6) is 0 Å². The molecule has 0 unspecified atom stereocenters. The Bertz CT molecular complexity index is 1210. The standard InChI is InChI=1S/C22H21ClN6O3S/c1-4-19-27-18(12-33-19)28-22(31)26-17(11-32-21(24)30)13-7-8-14(16(23)10-13)15-6-5-9-25-20(15)29(2)3/h1,5-10,12,17H,11H2,2-3H3,(H2,24,30)(H2,26,28,31)/t17-/m0/s1. The van der Waals surface area contributed by atoms with Gasteiger partial charge < -0.3 is 20.7 Å². The van der Waals surface area contributed by atoms with Gasteiger partial charge in [0.2, 0.25) is 0 Å². The molecule has 1 atom stereocenters. The second kappa shape index (κ2) is 10.7. The van der Waals surface area contributed by atoms with Gasteiger partial charge in [-0.25, -0.2) is 19.6 Å². The van der Waals surface area contributed by atoms with Crippen molar-refractivity contribution in [3.8, 4) is 23.5 Å². The minimum absolute atomic E-state index is 0.194. The number of carbonyl (C=O) groups is 2. The monoisotopic (exact) mass is 484 g/mol. The molecule has 11 heteroatoms. The highest BCUT2D eigenvalue weighted by atomic mass is 35.5. The lowest BCUT2D eigenvalue weighted by atomic mass is 10.0.